The van der Waals surface area contributed by atoms with Crippen LogP contribution in [0.3, 0.4) is 0 Å². The second kappa shape index (κ2) is 5.91. The number of para-hydroxylation sites is 1. The SMILES string of the molecule is Nc1ccccc1CCC(=O)NCc1ccco1. The quantitative estimate of drug-likeness (QED) is 0.791. The van der Waals surface area contributed by atoms with Crippen molar-refractivity contribution in [3.05, 3.63) is 54.0 Å². The predicted molar refractivity (Wildman–Crippen MR) is 69.7 cm³/mol. The van der Waals surface area contributed by atoms with Crippen molar-refractivity contribution in [2.45, 2.75) is 19.4 Å². The Balaban J connectivity index is 1.77. The third-order valence-electron chi connectivity index (χ3n) is 2.72. The molecule has 0 aliphatic heterocycles. The summed E-state index contributed by atoms with van der Waals surface area (Å²) in [5.74, 6) is 0.747. The number of furan rings is 1. The molecule has 0 saturated carbocycles. The van der Waals surface area contributed by atoms with E-state index in [9.17, 15) is 4.79 Å². The second-order valence-electron chi connectivity index (χ2n) is 4.05. The van der Waals surface area contributed by atoms with E-state index in [4.69, 9.17) is 10.2 Å². The molecule has 0 saturated heterocycles. The minimum Gasteiger partial charge on any atom is -0.467 e. The monoisotopic (exact) mass is 244 g/mol. The Hall–Kier alpha value is -2.23. The summed E-state index contributed by atoms with van der Waals surface area (Å²) >= 11 is 0. The molecule has 3 N–H and O–H groups in total. The van der Waals surface area contributed by atoms with Gasteiger partial charge in [-0.05, 0) is 30.2 Å². The summed E-state index contributed by atoms with van der Waals surface area (Å²) < 4.78 is 5.13. The fourth-order valence-electron chi connectivity index (χ4n) is 1.70. The summed E-state index contributed by atoms with van der Waals surface area (Å²) in [6.07, 6.45) is 2.66. The fraction of sp³-hybridized carbons (Fsp3) is 0.214. The molecule has 0 fully saturated rings. The van der Waals surface area contributed by atoms with Gasteiger partial charge in [-0.2, -0.15) is 0 Å². The van der Waals surface area contributed by atoms with Crippen molar-refractivity contribution < 1.29 is 9.21 Å². The minimum atomic E-state index is -0.00495. The Morgan fingerprint density at radius 2 is 2.06 bits per heavy atom. The molecule has 1 amide bonds. The molecule has 0 atom stereocenters. The van der Waals surface area contributed by atoms with E-state index in [1.165, 1.54) is 0 Å². The zero-order chi connectivity index (χ0) is 12.8. The van der Waals surface area contributed by atoms with Gasteiger partial charge in [0.05, 0.1) is 12.8 Å². The molecule has 0 unspecified atom stereocenters. The van der Waals surface area contributed by atoms with Crippen LogP contribution >= 0.6 is 0 Å². The van der Waals surface area contributed by atoms with Crippen molar-refractivity contribution in [3.8, 4) is 0 Å². The molecule has 94 valence electrons. The van der Waals surface area contributed by atoms with Crippen molar-refractivity contribution in [1.82, 2.24) is 5.32 Å². The van der Waals surface area contributed by atoms with Crippen LogP contribution in [0.25, 0.3) is 0 Å². The highest BCUT2D eigenvalue weighted by atomic mass is 16.3. The van der Waals surface area contributed by atoms with Crippen molar-refractivity contribution in [2.24, 2.45) is 0 Å². The Bertz CT molecular complexity index is 506. The van der Waals surface area contributed by atoms with E-state index >= 15 is 0 Å². The van der Waals surface area contributed by atoms with Crippen LogP contribution < -0.4 is 11.1 Å². The maximum Gasteiger partial charge on any atom is 0.220 e. The van der Waals surface area contributed by atoms with E-state index in [-0.39, 0.29) is 5.91 Å². The average Bonchev–Trinajstić information content (AvgIpc) is 2.88. The molecule has 0 bridgehead atoms. The lowest BCUT2D eigenvalue weighted by molar-refractivity contribution is -0.121. The van der Waals surface area contributed by atoms with Gasteiger partial charge in [-0.3, -0.25) is 4.79 Å². The number of aryl methyl sites for hydroxylation is 1. The number of carbonyl (C=O) groups is 1. The van der Waals surface area contributed by atoms with Gasteiger partial charge < -0.3 is 15.5 Å². The van der Waals surface area contributed by atoms with E-state index < -0.39 is 0 Å². The summed E-state index contributed by atoms with van der Waals surface area (Å²) in [5.41, 5.74) is 7.55. The first-order chi connectivity index (χ1) is 8.75. The average molecular weight is 244 g/mol. The lowest BCUT2D eigenvalue weighted by Gasteiger charge is -2.05. The first kappa shape index (κ1) is 12.2. The Morgan fingerprint density at radius 3 is 2.78 bits per heavy atom. The molecule has 18 heavy (non-hydrogen) atoms. The van der Waals surface area contributed by atoms with Crippen molar-refractivity contribution in [1.29, 1.82) is 0 Å². The number of benzene rings is 1. The number of hydrogen-bond donors (Lipinski definition) is 2. The largest absolute Gasteiger partial charge is 0.467 e. The van der Waals surface area contributed by atoms with Crippen LogP contribution in [0.5, 0.6) is 0 Å². The molecule has 1 aromatic heterocycles. The summed E-state index contributed by atoms with van der Waals surface area (Å²) in [7, 11) is 0. The number of amides is 1. The van der Waals surface area contributed by atoms with Gasteiger partial charge in [0.1, 0.15) is 5.76 Å². The van der Waals surface area contributed by atoms with Gasteiger partial charge in [0.15, 0.2) is 0 Å². The van der Waals surface area contributed by atoms with Crippen LogP contribution in [0.4, 0.5) is 5.69 Å². The molecule has 1 aromatic carbocycles. The highest BCUT2D eigenvalue weighted by Crippen LogP contribution is 2.12. The van der Waals surface area contributed by atoms with Gasteiger partial charge in [0, 0.05) is 12.1 Å². The predicted octanol–water partition coefficient (Wildman–Crippen LogP) is 2.11. The molecular formula is C14H16N2O2. The first-order valence-corrected chi connectivity index (χ1v) is 5.88. The number of hydrogen-bond acceptors (Lipinski definition) is 3. The van der Waals surface area contributed by atoms with Gasteiger partial charge >= 0.3 is 0 Å². The van der Waals surface area contributed by atoms with E-state index in [0.29, 0.717) is 19.4 Å². The summed E-state index contributed by atoms with van der Waals surface area (Å²) in [6.45, 7) is 0.427. The maximum atomic E-state index is 11.6. The summed E-state index contributed by atoms with van der Waals surface area (Å²) in [6, 6.07) is 11.2. The number of nitrogen functional groups attached to an aromatic ring is 1. The second-order valence-corrected chi connectivity index (χ2v) is 4.05. The van der Waals surface area contributed by atoms with E-state index in [0.717, 1.165) is 17.0 Å². The zero-order valence-electron chi connectivity index (χ0n) is 10.1. The number of nitrogens with one attached hydrogen (secondary N) is 1. The third kappa shape index (κ3) is 3.38. The number of rotatable bonds is 5. The van der Waals surface area contributed by atoms with E-state index in [2.05, 4.69) is 5.32 Å². The number of carbonyl (C=O) groups excluding carboxylic acids is 1. The lowest BCUT2D eigenvalue weighted by atomic mass is 10.1. The molecule has 0 radical (unpaired) electrons. The van der Waals surface area contributed by atoms with E-state index in [1.54, 1.807) is 12.3 Å². The molecule has 2 rings (SSSR count). The molecule has 1 heterocycles. The van der Waals surface area contributed by atoms with Crippen molar-refractivity contribution >= 4 is 11.6 Å². The Labute approximate surface area is 106 Å². The van der Waals surface area contributed by atoms with Gasteiger partial charge in [0.2, 0.25) is 5.91 Å². The maximum absolute atomic E-state index is 11.6. The van der Waals surface area contributed by atoms with E-state index in [1.807, 2.05) is 30.3 Å². The topological polar surface area (TPSA) is 68.3 Å². The standard InChI is InChI=1S/C14H16N2O2/c15-13-6-2-1-4-11(13)7-8-14(17)16-10-12-5-3-9-18-12/h1-6,9H,7-8,10,15H2,(H,16,17). The molecular weight excluding hydrogens is 228 g/mol. The minimum absolute atomic E-state index is 0.00495. The van der Waals surface area contributed by atoms with Crippen molar-refractivity contribution in [2.75, 3.05) is 5.73 Å². The van der Waals surface area contributed by atoms with Crippen LogP contribution in [0.15, 0.2) is 47.1 Å². The van der Waals surface area contributed by atoms with Crippen LogP contribution in [0, 0.1) is 0 Å². The molecule has 0 aliphatic rings. The Kier molecular flexibility index (Phi) is 4.02. The molecule has 0 spiro atoms. The molecule has 4 heteroatoms. The fourth-order valence-corrected chi connectivity index (χ4v) is 1.70. The van der Waals surface area contributed by atoms with Gasteiger partial charge in [-0.25, -0.2) is 0 Å². The first-order valence-electron chi connectivity index (χ1n) is 5.88. The number of nitrogens with two attached hydrogens (primary N) is 1. The van der Waals surface area contributed by atoms with Crippen molar-refractivity contribution in [3.63, 3.8) is 0 Å². The smallest absolute Gasteiger partial charge is 0.220 e. The van der Waals surface area contributed by atoms with Crippen LogP contribution in [-0.2, 0) is 17.8 Å². The third-order valence-corrected chi connectivity index (χ3v) is 2.72. The van der Waals surface area contributed by atoms with Gasteiger partial charge in [0.25, 0.3) is 0 Å². The molecule has 4 nitrogen and oxygen atoms in total. The van der Waals surface area contributed by atoms with Gasteiger partial charge in [-0.1, -0.05) is 18.2 Å². The van der Waals surface area contributed by atoms with Gasteiger partial charge in [-0.15, -0.1) is 0 Å². The lowest BCUT2D eigenvalue weighted by Crippen LogP contribution is -2.22. The molecule has 2 aromatic rings. The molecule has 0 aliphatic carbocycles. The Morgan fingerprint density at radius 1 is 1.22 bits per heavy atom. The highest BCUT2D eigenvalue weighted by molar-refractivity contribution is 5.76. The highest BCUT2D eigenvalue weighted by Gasteiger charge is 2.05. The summed E-state index contributed by atoms with van der Waals surface area (Å²) in [5, 5.41) is 2.80. The van der Waals surface area contributed by atoms with Crippen LogP contribution in [0.1, 0.15) is 17.7 Å². The normalized spacial score (nSPS) is 10.2. The zero-order valence-corrected chi connectivity index (χ0v) is 10.1. The van der Waals surface area contributed by atoms with Crippen LogP contribution in [0.2, 0.25) is 0 Å². The summed E-state index contributed by atoms with van der Waals surface area (Å²) in [4.78, 5) is 11.6. The van der Waals surface area contributed by atoms with Crippen LogP contribution in [-0.4, -0.2) is 5.91 Å². The number of anilines is 1.